The SMILES string of the molecule is COc1ccc(OC)c(C(=O)/C=C/c2ccc(Cc3ccccc3)s2)c1. The van der Waals surface area contributed by atoms with E-state index >= 15 is 0 Å². The van der Waals surface area contributed by atoms with Gasteiger partial charge in [-0.2, -0.15) is 0 Å². The normalized spacial score (nSPS) is 10.8. The summed E-state index contributed by atoms with van der Waals surface area (Å²) in [6.07, 6.45) is 4.33. The third-order valence-corrected chi connectivity index (χ3v) is 5.03. The molecule has 1 heterocycles. The lowest BCUT2D eigenvalue weighted by molar-refractivity contribution is 0.104. The van der Waals surface area contributed by atoms with Gasteiger partial charge in [-0.3, -0.25) is 4.79 Å². The molecule has 0 bridgehead atoms. The first-order chi connectivity index (χ1) is 12.7. The fourth-order valence-electron chi connectivity index (χ4n) is 2.63. The number of carbonyl (C=O) groups excluding carboxylic acids is 1. The number of thiophene rings is 1. The van der Waals surface area contributed by atoms with E-state index in [0.29, 0.717) is 17.1 Å². The zero-order valence-electron chi connectivity index (χ0n) is 14.8. The highest BCUT2D eigenvalue weighted by Gasteiger charge is 2.11. The van der Waals surface area contributed by atoms with Crippen molar-refractivity contribution in [1.82, 2.24) is 0 Å². The van der Waals surface area contributed by atoms with Gasteiger partial charge in [-0.15, -0.1) is 11.3 Å². The number of benzene rings is 2. The minimum absolute atomic E-state index is 0.112. The fraction of sp³-hybridized carbons (Fsp3) is 0.136. The quantitative estimate of drug-likeness (QED) is 0.424. The first-order valence-electron chi connectivity index (χ1n) is 8.26. The Morgan fingerprint density at radius 1 is 1.00 bits per heavy atom. The third-order valence-electron chi connectivity index (χ3n) is 3.97. The molecule has 3 nitrogen and oxygen atoms in total. The van der Waals surface area contributed by atoms with Crippen LogP contribution in [0.15, 0.2) is 66.7 Å². The standard InChI is InChI=1S/C22H20O3S/c1-24-17-8-13-22(25-2)20(15-17)21(23)12-11-18-9-10-19(26-18)14-16-6-4-3-5-7-16/h3-13,15H,14H2,1-2H3/b12-11+. The van der Waals surface area contributed by atoms with Crippen LogP contribution in [-0.4, -0.2) is 20.0 Å². The Kier molecular flexibility index (Phi) is 5.87. The van der Waals surface area contributed by atoms with Gasteiger partial charge in [0.15, 0.2) is 5.78 Å². The molecule has 0 radical (unpaired) electrons. The van der Waals surface area contributed by atoms with Gasteiger partial charge in [-0.05, 0) is 48.0 Å². The van der Waals surface area contributed by atoms with Crippen LogP contribution in [0.4, 0.5) is 0 Å². The van der Waals surface area contributed by atoms with Crippen molar-refractivity contribution in [3.05, 3.63) is 87.6 Å². The Labute approximate surface area is 157 Å². The molecule has 0 aliphatic heterocycles. The second kappa shape index (κ2) is 8.50. The monoisotopic (exact) mass is 364 g/mol. The van der Waals surface area contributed by atoms with Gasteiger partial charge in [0.1, 0.15) is 11.5 Å². The van der Waals surface area contributed by atoms with E-state index in [4.69, 9.17) is 9.47 Å². The van der Waals surface area contributed by atoms with E-state index in [1.807, 2.05) is 30.3 Å². The molecule has 0 unspecified atom stereocenters. The maximum absolute atomic E-state index is 12.5. The van der Waals surface area contributed by atoms with Crippen LogP contribution in [0.3, 0.4) is 0 Å². The molecule has 1 aromatic heterocycles. The molecule has 26 heavy (non-hydrogen) atoms. The van der Waals surface area contributed by atoms with Crippen LogP contribution in [0.2, 0.25) is 0 Å². The second-order valence-electron chi connectivity index (χ2n) is 5.73. The Balaban J connectivity index is 1.73. The van der Waals surface area contributed by atoms with Crippen LogP contribution >= 0.6 is 11.3 Å². The number of allylic oxidation sites excluding steroid dienone is 1. The van der Waals surface area contributed by atoms with Gasteiger partial charge in [0.25, 0.3) is 0 Å². The molecular formula is C22H20O3S. The van der Waals surface area contributed by atoms with Crippen molar-refractivity contribution in [1.29, 1.82) is 0 Å². The van der Waals surface area contributed by atoms with Crippen LogP contribution in [-0.2, 0) is 6.42 Å². The first kappa shape index (κ1) is 18.0. The molecule has 3 aromatic rings. The second-order valence-corrected chi connectivity index (χ2v) is 6.93. The third kappa shape index (κ3) is 4.41. The lowest BCUT2D eigenvalue weighted by Gasteiger charge is -2.07. The van der Waals surface area contributed by atoms with E-state index in [2.05, 4.69) is 18.2 Å². The average molecular weight is 364 g/mol. The highest BCUT2D eigenvalue weighted by Crippen LogP contribution is 2.26. The number of methoxy groups -OCH3 is 2. The van der Waals surface area contributed by atoms with Gasteiger partial charge in [0, 0.05) is 16.2 Å². The molecule has 0 saturated carbocycles. The van der Waals surface area contributed by atoms with E-state index in [1.54, 1.807) is 49.8 Å². The fourth-order valence-corrected chi connectivity index (χ4v) is 3.58. The smallest absolute Gasteiger partial charge is 0.189 e. The molecule has 4 heteroatoms. The topological polar surface area (TPSA) is 35.5 Å². The molecule has 0 aliphatic carbocycles. The van der Waals surface area contributed by atoms with Crippen molar-refractivity contribution in [3.8, 4) is 11.5 Å². The molecule has 0 atom stereocenters. The Bertz CT molecular complexity index is 910. The Morgan fingerprint density at radius 2 is 1.81 bits per heavy atom. The lowest BCUT2D eigenvalue weighted by atomic mass is 10.1. The molecule has 2 aromatic carbocycles. The Hall–Kier alpha value is -2.85. The Morgan fingerprint density at radius 3 is 2.54 bits per heavy atom. The summed E-state index contributed by atoms with van der Waals surface area (Å²) in [5.41, 5.74) is 1.77. The number of carbonyl (C=O) groups is 1. The van der Waals surface area contributed by atoms with Crippen LogP contribution in [0, 0.1) is 0 Å². The van der Waals surface area contributed by atoms with E-state index in [0.717, 1.165) is 11.3 Å². The number of hydrogen-bond acceptors (Lipinski definition) is 4. The van der Waals surface area contributed by atoms with Crippen LogP contribution in [0.1, 0.15) is 25.7 Å². The van der Waals surface area contributed by atoms with Crippen molar-refractivity contribution in [2.75, 3.05) is 14.2 Å². The molecule has 0 N–H and O–H groups in total. The number of ketones is 1. The molecule has 0 aliphatic rings. The van der Waals surface area contributed by atoms with Crippen molar-refractivity contribution in [2.45, 2.75) is 6.42 Å². The van der Waals surface area contributed by atoms with Crippen LogP contribution < -0.4 is 9.47 Å². The minimum Gasteiger partial charge on any atom is -0.497 e. The lowest BCUT2D eigenvalue weighted by Crippen LogP contribution is -1.99. The predicted octanol–water partition coefficient (Wildman–Crippen LogP) is 5.25. The first-order valence-corrected chi connectivity index (χ1v) is 9.08. The van der Waals surface area contributed by atoms with Gasteiger partial charge in [-0.1, -0.05) is 30.3 Å². The van der Waals surface area contributed by atoms with E-state index in [9.17, 15) is 4.79 Å². The van der Waals surface area contributed by atoms with Crippen molar-refractivity contribution in [2.24, 2.45) is 0 Å². The summed E-state index contributed by atoms with van der Waals surface area (Å²) >= 11 is 1.69. The largest absolute Gasteiger partial charge is 0.497 e. The van der Waals surface area contributed by atoms with E-state index in [-0.39, 0.29) is 5.78 Å². The van der Waals surface area contributed by atoms with Crippen LogP contribution in [0.25, 0.3) is 6.08 Å². The summed E-state index contributed by atoms with van der Waals surface area (Å²) in [6, 6.07) is 19.7. The van der Waals surface area contributed by atoms with E-state index in [1.165, 1.54) is 10.4 Å². The zero-order chi connectivity index (χ0) is 18.4. The molecule has 0 amide bonds. The summed E-state index contributed by atoms with van der Waals surface area (Å²) < 4.78 is 10.5. The highest BCUT2D eigenvalue weighted by molar-refractivity contribution is 7.12. The van der Waals surface area contributed by atoms with Gasteiger partial charge in [-0.25, -0.2) is 0 Å². The highest BCUT2D eigenvalue weighted by atomic mass is 32.1. The maximum Gasteiger partial charge on any atom is 0.189 e. The molecule has 0 fully saturated rings. The zero-order valence-corrected chi connectivity index (χ0v) is 15.6. The average Bonchev–Trinajstić information content (AvgIpc) is 3.13. The van der Waals surface area contributed by atoms with Gasteiger partial charge in [0.2, 0.25) is 0 Å². The predicted molar refractivity (Wildman–Crippen MR) is 106 cm³/mol. The molecule has 0 saturated heterocycles. The van der Waals surface area contributed by atoms with Gasteiger partial charge in [0.05, 0.1) is 19.8 Å². The molecule has 132 valence electrons. The summed E-state index contributed by atoms with van der Waals surface area (Å²) in [6.45, 7) is 0. The van der Waals surface area contributed by atoms with Gasteiger partial charge >= 0.3 is 0 Å². The number of hydrogen-bond donors (Lipinski definition) is 0. The summed E-state index contributed by atoms with van der Waals surface area (Å²) in [7, 11) is 3.13. The van der Waals surface area contributed by atoms with Crippen molar-refractivity contribution < 1.29 is 14.3 Å². The number of ether oxygens (including phenoxy) is 2. The van der Waals surface area contributed by atoms with Crippen molar-refractivity contribution in [3.63, 3.8) is 0 Å². The summed E-state index contributed by atoms with van der Waals surface area (Å²) in [4.78, 5) is 14.9. The van der Waals surface area contributed by atoms with Crippen molar-refractivity contribution >= 4 is 23.2 Å². The summed E-state index contributed by atoms with van der Waals surface area (Å²) in [5.74, 6) is 1.05. The molecule has 0 spiro atoms. The van der Waals surface area contributed by atoms with Crippen LogP contribution in [0.5, 0.6) is 11.5 Å². The maximum atomic E-state index is 12.5. The molecule has 3 rings (SSSR count). The number of rotatable bonds is 7. The van der Waals surface area contributed by atoms with E-state index < -0.39 is 0 Å². The minimum atomic E-state index is -0.112. The summed E-state index contributed by atoms with van der Waals surface area (Å²) in [5, 5.41) is 0. The molecular weight excluding hydrogens is 344 g/mol. The van der Waals surface area contributed by atoms with Gasteiger partial charge < -0.3 is 9.47 Å².